The molecule has 0 aliphatic heterocycles. The van der Waals surface area contributed by atoms with Crippen LogP contribution < -0.4 is 0 Å². The molecule has 5 nitrogen and oxygen atoms in total. The molecule has 0 aromatic carbocycles. The largest absolute Gasteiger partial charge is 0.306 e. The molecule has 17 heavy (non-hydrogen) atoms. The second-order valence-electron chi connectivity index (χ2n) is 3.89. The number of rotatable bonds is 3. The Labute approximate surface area is 104 Å². The molecule has 0 amide bonds. The summed E-state index contributed by atoms with van der Waals surface area (Å²) in [4.78, 5) is 23.0. The molecule has 0 bridgehead atoms. The summed E-state index contributed by atoms with van der Waals surface area (Å²) in [7, 11) is 0. The Balaban J connectivity index is 0.000000202. The van der Waals surface area contributed by atoms with Gasteiger partial charge in [0.1, 0.15) is 17.5 Å². The van der Waals surface area contributed by atoms with E-state index in [9.17, 15) is 14.9 Å². The Kier molecular flexibility index (Phi) is 5.03. The molecule has 1 aliphatic carbocycles. The van der Waals surface area contributed by atoms with Crippen molar-refractivity contribution in [2.75, 3.05) is 0 Å². The molecule has 1 heterocycles. The van der Waals surface area contributed by atoms with E-state index < -0.39 is 4.92 Å². The van der Waals surface area contributed by atoms with Crippen molar-refractivity contribution < 1.29 is 9.72 Å². The first-order chi connectivity index (χ1) is 8.06. The second-order valence-corrected chi connectivity index (χ2v) is 4.27. The highest BCUT2D eigenvalue weighted by Gasteiger charge is 2.19. The van der Waals surface area contributed by atoms with Crippen molar-refractivity contribution in [1.82, 2.24) is 4.98 Å². The van der Waals surface area contributed by atoms with Crippen molar-refractivity contribution in [1.29, 1.82) is 0 Å². The molecule has 1 saturated carbocycles. The number of hydrogen-bond acceptors (Lipinski definition) is 4. The number of hydrogen-bond donors (Lipinski definition) is 0. The van der Waals surface area contributed by atoms with Gasteiger partial charge in [0.15, 0.2) is 0 Å². The maximum absolute atomic E-state index is 10.3. The number of aryl methyl sites for hydroxylation is 1. The van der Waals surface area contributed by atoms with Gasteiger partial charge in [-0.05, 0) is 31.2 Å². The zero-order valence-electron chi connectivity index (χ0n) is 9.43. The van der Waals surface area contributed by atoms with Gasteiger partial charge in [0.25, 0.3) is 0 Å². The first-order valence-electron chi connectivity index (χ1n) is 5.24. The van der Waals surface area contributed by atoms with Gasteiger partial charge in [0.2, 0.25) is 0 Å². The maximum Gasteiger partial charge on any atom is 0.306 e. The van der Waals surface area contributed by atoms with Crippen molar-refractivity contribution in [2.45, 2.75) is 26.2 Å². The topological polar surface area (TPSA) is 73.1 Å². The van der Waals surface area contributed by atoms with Crippen molar-refractivity contribution in [3.63, 3.8) is 0 Å². The van der Waals surface area contributed by atoms with E-state index in [0.29, 0.717) is 5.56 Å². The molecular weight excluding hydrogens is 244 g/mol. The van der Waals surface area contributed by atoms with E-state index in [1.807, 2.05) is 0 Å². The molecule has 0 saturated heterocycles. The third kappa shape index (κ3) is 4.48. The Hall–Kier alpha value is -1.49. The second kappa shape index (κ2) is 6.30. The van der Waals surface area contributed by atoms with Crippen LogP contribution in [-0.4, -0.2) is 16.2 Å². The van der Waals surface area contributed by atoms with E-state index in [0.717, 1.165) is 24.8 Å². The van der Waals surface area contributed by atoms with E-state index in [1.165, 1.54) is 19.0 Å². The van der Waals surface area contributed by atoms with Crippen LogP contribution in [-0.2, 0) is 4.79 Å². The van der Waals surface area contributed by atoms with Crippen LogP contribution >= 0.6 is 11.6 Å². The van der Waals surface area contributed by atoms with Crippen LogP contribution in [0, 0.1) is 23.0 Å². The molecular formula is C11H13ClN2O3. The Morgan fingerprint density at radius 2 is 2.24 bits per heavy atom. The number of aromatic nitrogens is 1. The van der Waals surface area contributed by atoms with Gasteiger partial charge < -0.3 is 4.79 Å². The van der Waals surface area contributed by atoms with E-state index >= 15 is 0 Å². The predicted molar refractivity (Wildman–Crippen MR) is 64.0 cm³/mol. The summed E-state index contributed by atoms with van der Waals surface area (Å²) in [6.45, 7) is 1.67. The smallest absolute Gasteiger partial charge is 0.303 e. The van der Waals surface area contributed by atoms with Gasteiger partial charge in [-0.25, -0.2) is 0 Å². The lowest BCUT2D eigenvalue weighted by molar-refractivity contribution is -0.385. The number of halogens is 1. The van der Waals surface area contributed by atoms with Gasteiger partial charge in [0, 0.05) is 12.6 Å². The molecule has 2 rings (SSSR count). The lowest BCUT2D eigenvalue weighted by atomic mass is 10.3. The summed E-state index contributed by atoms with van der Waals surface area (Å²) in [6.07, 6.45) is 7.01. The highest BCUT2D eigenvalue weighted by atomic mass is 35.5. The highest BCUT2D eigenvalue weighted by Crippen LogP contribution is 2.30. The Morgan fingerprint density at radius 3 is 2.59 bits per heavy atom. The molecule has 0 N–H and O–H groups in total. The summed E-state index contributed by atoms with van der Waals surface area (Å²) in [5, 5.41) is 10.4. The van der Waals surface area contributed by atoms with Crippen LogP contribution in [0.3, 0.4) is 0 Å². The van der Waals surface area contributed by atoms with Crippen molar-refractivity contribution in [2.24, 2.45) is 5.92 Å². The van der Waals surface area contributed by atoms with Crippen molar-refractivity contribution in [3.05, 3.63) is 33.1 Å². The standard InChI is InChI=1S/C6H5ClN2O2.C5H8O/c1-4-2-8-3-5(6(4)7)9(10)11;6-4-3-5-1-2-5/h2-3H,1H3;4-5H,1-3H2. The zero-order valence-corrected chi connectivity index (χ0v) is 10.2. The number of nitro groups is 1. The van der Waals surface area contributed by atoms with Crippen LogP contribution in [0.15, 0.2) is 12.4 Å². The number of nitrogens with zero attached hydrogens (tertiary/aromatic N) is 2. The molecule has 1 aromatic rings. The third-order valence-corrected chi connectivity index (χ3v) is 2.85. The van der Waals surface area contributed by atoms with Gasteiger partial charge in [-0.2, -0.15) is 0 Å². The molecule has 0 spiro atoms. The SMILES string of the molecule is Cc1cncc([N+](=O)[O-])c1Cl.O=CCC1CC1. The monoisotopic (exact) mass is 256 g/mol. The number of carbonyl (C=O) groups is 1. The van der Waals surface area contributed by atoms with Crippen LogP contribution in [0.2, 0.25) is 5.02 Å². The van der Waals surface area contributed by atoms with E-state index in [4.69, 9.17) is 11.6 Å². The summed E-state index contributed by atoms with van der Waals surface area (Å²) in [5.74, 6) is 0.780. The summed E-state index contributed by atoms with van der Waals surface area (Å²) >= 11 is 5.61. The van der Waals surface area contributed by atoms with E-state index in [-0.39, 0.29) is 10.7 Å². The summed E-state index contributed by atoms with van der Waals surface area (Å²) in [6, 6.07) is 0. The van der Waals surface area contributed by atoms with Gasteiger partial charge in [-0.15, -0.1) is 0 Å². The zero-order chi connectivity index (χ0) is 12.8. The average molecular weight is 257 g/mol. The minimum Gasteiger partial charge on any atom is -0.303 e. The van der Waals surface area contributed by atoms with Crippen LogP contribution in [0.5, 0.6) is 0 Å². The fraction of sp³-hybridized carbons (Fsp3) is 0.455. The third-order valence-electron chi connectivity index (χ3n) is 2.36. The minimum atomic E-state index is -0.553. The fourth-order valence-electron chi connectivity index (χ4n) is 1.15. The lowest BCUT2D eigenvalue weighted by Gasteiger charge is -1.95. The number of pyridine rings is 1. The average Bonchev–Trinajstić information content (AvgIpc) is 3.07. The summed E-state index contributed by atoms with van der Waals surface area (Å²) < 4.78 is 0. The Bertz CT molecular complexity index is 419. The highest BCUT2D eigenvalue weighted by molar-refractivity contribution is 6.33. The van der Waals surface area contributed by atoms with Gasteiger partial charge in [-0.1, -0.05) is 11.6 Å². The molecule has 6 heteroatoms. The van der Waals surface area contributed by atoms with E-state index in [2.05, 4.69) is 4.98 Å². The molecule has 1 aromatic heterocycles. The van der Waals surface area contributed by atoms with Crippen molar-refractivity contribution >= 4 is 23.6 Å². The van der Waals surface area contributed by atoms with Gasteiger partial charge in [-0.3, -0.25) is 15.1 Å². The molecule has 0 radical (unpaired) electrons. The molecule has 0 atom stereocenters. The molecule has 0 unspecified atom stereocenters. The maximum atomic E-state index is 10.3. The quantitative estimate of drug-likeness (QED) is 0.473. The minimum absolute atomic E-state index is 0.147. The van der Waals surface area contributed by atoms with Crippen LogP contribution in [0.4, 0.5) is 5.69 Å². The number of aldehydes is 1. The summed E-state index contributed by atoms with van der Waals surface area (Å²) in [5.41, 5.74) is 0.465. The van der Waals surface area contributed by atoms with Gasteiger partial charge >= 0.3 is 5.69 Å². The molecule has 1 aliphatic rings. The van der Waals surface area contributed by atoms with Crippen LogP contribution in [0.1, 0.15) is 24.8 Å². The van der Waals surface area contributed by atoms with Crippen molar-refractivity contribution in [3.8, 4) is 0 Å². The first-order valence-corrected chi connectivity index (χ1v) is 5.62. The lowest BCUT2D eigenvalue weighted by Crippen LogP contribution is -1.91. The normalized spacial score (nSPS) is 13.5. The van der Waals surface area contributed by atoms with E-state index in [1.54, 1.807) is 6.92 Å². The first kappa shape index (κ1) is 13.6. The fourth-order valence-corrected chi connectivity index (χ4v) is 1.32. The number of carbonyl (C=O) groups excluding carboxylic acids is 1. The van der Waals surface area contributed by atoms with Crippen LogP contribution in [0.25, 0.3) is 0 Å². The Morgan fingerprint density at radius 1 is 1.59 bits per heavy atom. The predicted octanol–water partition coefficient (Wildman–Crippen LogP) is 2.94. The van der Waals surface area contributed by atoms with Gasteiger partial charge in [0.05, 0.1) is 4.92 Å². The molecule has 92 valence electrons. The molecule has 1 fully saturated rings.